The zero-order chi connectivity index (χ0) is 60.1. The Morgan fingerprint density at radius 2 is 1.19 bits per heavy atom. The standard InChI is InChI=1S/C56H95N13O10/c1-17-19-27-59-54(79)56(18-2)31-43(67-69(56)39-25-23-38(24-26-39)68(15)16)48(73)58-28-21-20-22-40(49(74)63-41(46(57)71)29-32(3)4)62-52(77)45(35(9)10)65-53(78)55(13,14)66-50(75)42(30-33(5)6)64-47(72)36(11)60-51(76)44(34(7)8)61-37(12)70/h23-26,32-36,40-42,44-45H,17-22,27-31H2,1-16H3,(H2,57,71)(H,58,73)(H,59,79)(H,60,76)(H,61,70)(H,62,77)(H,63,74)(H,64,72)(H,65,78)(H,66,75). The fourth-order valence-corrected chi connectivity index (χ4v) is 8.81. The highest BCUT2D eigenvalue weighted by molar-refractivity contribution is 6.40. The Bertz CT molecular complexity index is 2300. The van der Waals surface area contributed by atoms with Gasteiger partial charge in [-0.15, -0.1) is 0 Å². The summed E-state index contributed by atoms with van der Waals surface area (Å²) in [5.74, 6) is -6.94. The van der Waals surface area contributed by atoms with E-state index in [1.807, 2.05) is 84.8 Å². The van der Waals surface area contributed by atoms with Gasteiger partial charge in [-0.2, -0.15) is 5.10 Å². The lowest BCUT2D eigenvalue weighted by Crippen LogP contribution is -2.64. The molecule has 10 amide bonds. The molecule has 1 aromatic carbocycles. The van der Waals surface area contributed by atoms with Crippen LogP contribution in [0.4, 0.5) is 11.4 Å². The SMILES string of the molecule is CCCCNC(=O)C1(CC)CC(C(=O)NCCCCC(NC(=O)C(NC(=O)C(C)(C)NC(=O)C(CC(C)C)NC(=O)C(C)NC(=O)C(NC(C)=O)C(C)C)C(C)C)C(=O)NC(CC(C)C)C(N)=O)=NN1c1ccc(N(C)C)cc1. The topological polar surface area (TPSA) is 324 Å². The van der Waals surface area contributed by atoms with Gasteiger partial charge in [-0.05, 0) is 114 Å². The molecule has 0 saturated carbocycles. The first kappa shape index (κ1) is 68.3. The molecule has 0 aromatic heterocycles. The van der Waals surface area contributed by atoms with Crippen LogP contribution in [0.25, 0.3) is 0 Å². The van der Waals surface area contributed by atoms with Crippen molar-refractivity contribution in [2.24, 2.45) is 34.5 Å². The highest BCUT2D eigenvalue weighted by atomic mass is 16.2. The monoisotopic (exact) mass is 1110 g/mol. The van der Waals surface area contributed by atoms with Gasteiger partial charge >= 0.3 is 0 Å². The Kier molecular flexibility index (Phi) is 27.4. The third kappa shape index (κ3) is 21.1. The van der Waals surface area contributed by atoms with Crippen LogP contribution in [0.5, 0.6) is 0 Å². The second-order valence-electron chi connectivity index (χ2n) is 23.0. The molecule has 23 heteroatoms. The summed E-state index contributed by atoms with van der Waals surface area (Å²) in [4.78, 5) is 136. The molecule has 23 nitrogen and oxygen atoms in total. The van der Waals surface area contributed by atoms with Crippen molar-refractivity contribution in [3.8, 4) is 0 Å². The fraction of sp³-hybridized carbons (Fsp3) is 0.696. The first-order valence-corrected chi connectivity index (χ1v) is 27.9. The van der Waals surface area contributed by atoms with E-state index in [2.05, 4.69) is 47.9 Å². The minimum atomic E-state index is -1.65. The maximum atomic E-state index is 14.2. The van der Waals surface area contributed by atoms with Crippen LogP contribution in [-0.2, 0) is 47.9 Å². The molecule has 2 rings (SSSR count). The Morgan fingerprint density at radius 1 is 0.658 bits per heavy atom. The zero-order valence-corrected chi connectivity index (χ0v) is 49.9. The second kappa shape index (κ2) is 31.7. The maximum absolute atomic E-state index is 14.2. The van der Waals surface area contributed by atoms with Crippen LogP contribution in [0.3, 0.4) is 0 Å². The van der Waals surface area contributed by atoms with Gasteiger partial charge in [0.2, 0.25) is 53.2 Å². The number of amides is 10. The van der Waals surface area contributed by atoms with Crippen molar-refractivity contribution in [2.45, 2.75) is 202 Å². The smallest absolute Gasteiger partial charge is 0.267 e. The van der Waals surface area contributed by atoms with E-state index in [4.69, 9.17) is 10.8 Å². The first-order valence-electron chi connectivity index (χ1n) is 27.9. The molecule has 7 unspecified atom stereocenters. The molecule has 1 aliphatic heterocycles. The summed E-state index contributed by atoms with van der Waals surface area (Å²) in [6.07, 6.45) is 3.20. The van der Waals surface area contributed by atoms with Crippen molar-refractivity contribution >= 4 is 76.2 Å². The molecule has 444 valence electrons. The molecule has 0 saturated heterocycles. The molecule has 0 fully saturated rings. The van der Waals surface area contributed by atoms with E-state index in [9.17, 15) is 47.9 Å². The summed E-state index contributed by atoms with van der Waals surface area (Å²) in [6, 6.07) is 0.928. The largest absolute Gasteiger partial charge is 0.378 e. The fourth-order valence-electron chi connectivity index (χ4n) is 8.81. The van der Waals surface area contributed by atoms with Gasteiger partial charge in [0, 0.05) is 46.2 Å². The average Bonchev–Trinajstić information content (AvgIpc) is 3.78. The molecule has 79 heavy (non-hydrogen) atoms. The van der Waals surface area contributed by atoms with E-state index in [1.54, 1.807) is 32.7 Å². The Hall–Kier alpha value is -6.81. The minimum Gasteiger partial charge on any atom is -0.378 e. The van der Waals surface area contributed by atoms with Crippen LogP contribution in [0, 0.1) is 23.7 Å². The lowest BCUT2D eigenvalue weighted by molar-refractivity contribution is -0.138. The van der Waals surface area contributed by atoms with E-state index in [0.29, 0.717) is 31.5 Å². The van der Waals surface area contributed by atoms with Crippen LogP contribution in [0.1, 0.15) is 155 Å². The van der Waals surface area contributed by atoms with E-state index >= 15 is 0 Å². The first-order chi connectivity index (χ1) is 36.8. The lowest BCUT2D eigenvalue weighted by atomic mass is 9.88. The Morgan fingerprint density at radius 3 is 1.71 bits per heavy atom. The minimum absolute atomic E-state index is 0.0232. The number of unbranched alkanes of at least 4 members (excludes halogenated alkanes) is 2. The molecule has 0 aliphatic carbocycles. The van der Waals surface area contributed by atoms with Crippen molar-refractivity contribution in [2.75, 3.05) is 37.1 Å². The van der Waals surface area contributed by atoms with Crippen LogP contribution >= 0.6 is 0 Å². The summed E-state index contributed by atoms with van der Waals surface area (Å²) < 4.78 is 0. The number of nitrogens with zero attached hydrogens (tertiary/aromatic N) is 3. The Balaban J connectivity index is 2.29. The third-order valence-corrected chi connectivity index (χ3v) is 13.6. The molecule has 0 radical (unpaired) electrons. The van der Waals surface area contributed by atoms with Crippen LogP contribution in [0.2, 0.25) is 0 Å². The van der Waals surface area contributed by atoms with Crippen molar-refractivity contribution < 1.29 is 47.9 Å². The molecular weight excluding hydrogens is 1010 g/mol. The predicted octanol–water partition coefficient (Wildman–Crippen LogP) is 2.40. The van der Waals surface area contributed by atoms with Crippen molar-refractivity contribution in [3.05, 3.63) is 24.3 Å². The van der Waals surface area contributed by atoms with Crippen LogP contribution < -0.4 is 63.5 Å². The molecule has 0 spiro atoms. The van der Waals surface area contributed by atoms with Crippen molar-refractivity contribution in [1.29, 1.82) is 0 Å². The number of rotatable bonds is 33. The van der Waals surface area contributed by atoms with E-state index in [-0.39, 0.29) is 61.6 Å². The molecule has 1 aromatic rings. The third-order valence-electron chi connectivity index (χ3n) is 13.6. The highest BCUT2D eigenvalue weighted by Gasteiger charge is 2.50. The summed E-state index contributed by atoms with van der Waals surface area (Å²) in [7, 11) is 3.85. The van der Waals surface area contributed by atoms with Gasteiger partial charge in [-0.3, -0.25) is 47.9 Å². The van der Waals surface area contributed by atoms with E-state index in [0.717, 1.165) is 18.5 Å². The molecular formula is C56H95N13O10. The molecule has 7 atom stereocenters. The quantitative estimate of drug-likeness (QED) is 0.0454. The van der Waals surface area contributed by atoms with Gasteiger partial charge in [0.1, 0.15) is 53.0 Å². The van der Waals surface area contributed by atoms with Crippen LogP contribution in [0.15, 0.2) is 29.4 Å². The van der Waals surface area contributed by atoms with Crippen molar-refractivity contribution in [3.63, 3.8) is 0 Å². The van der Waals surface area contributed by atoms with Gasteiger partial charge in [-0.25, -0.2) is 5.01 Å². The molecule has 1 heterocycles. The predicted molar refractivity (Wildman–Crippen MR) is 306 cm³/mol. The number of benzene rings is 1. The normalized spacial score (nSPS) is 16.6. The zero-order valence-electron chi connectivity index (χ0n) is 49.9. The van der Waals surface area contributed by atoms with Gasteiger partial charge in [0.15, 0.2) is 0 Å². The Labute approximate surface area is 468 Å². The highest BCUT2D eigenvalue weighted by Crippen LogP contribution is 2.37. The van der Waals surface area contributed by atoms with Gasteiger partial charge < -0.3 is 58.5 Å². The number of carbonyl (C=O) groups is 10. The van der Waals surface area contributed by atoms with E-state index in [1.165, 1.54) is 27.7 Å². The molecule has 11 N–H and O–H groups in total. The second-order valence-corrected chi connectivity index (χ2v) is 23.0. The van der Waals surface area contributed by atoms with E-state index < -0.39 is 106 Å². The number of nitrogens with two attached hydrogens (primary N) is 1. The summed E-state index contributed by atoms with van der Waals surface area (Å²) in [5.41, 5.74) is 4.66. The van der Waals surface area contributed by atoms with Gasteiger partial charge in [-0.1, -0.05) is 75.7 Å². The number of hydrogen-bond donors (Lipinski definition) is 10. The number of hydrogen-bond acceptors (Lipinski definition) is 13. The molecule has 0 bridgehead atoms. The summed E-state index contributed by atoms with van der Waals surface area (Å²) >= 11 is 0. The number of carbonyl (C=O) groups excluding carboxylic acids is 10. The maximum Gasteiger partial charge on any atom is 0.267 e. The summed E-state index contributed by atoms with van der Waals surface area (Å²) in [6.45, 7) is 24.4. The summed E-state index contributed by atoms with van der Waals surface area (Å²) in [5, 5.41) is 31.0. The number of hydrazone groups is 1. The molecule has 1 aliphatic rings. The number of primary amides is 1. The van der Waals surface area contributed by atoms with Crippen LogP contribution in [-0.4, -0.2) is 139 Å². The van der Waals surface area contributed by atoms with Gasteiger partial charge in [0.25, 0.3) is 5.91 Å². The van der Waals surface area contributed by atoms with Crippen molar-refractivity contribution in [1.82, 2.24) is 47.9 Å². The number of anilines is 2. The average molecular weight is 1110 g/mol. The lowest BCUT2D eigenvalue weighted by Gasteiger charge is -2.35. The van der Waals surface area contributed by atoms with Gasteiger partial charge in [0.05, 0.1) is 5.69 Å². The number of nitrogens with one attached hydrogen (secondary N) is 9.